The van der Waals surface area contributed by atoms with Crippen LogP contribution in [0.2, 0.25) is 0 Å². The Labute approximate surface area is 111 Å². The van der Waals surface area contributed by atoms with Gasteiger partial charge in [-0.15, -0.1) is 0 Å². The third-order valence-corrected chi connectivity index (χ3v) is 2.80. The predicted octanol–water partition coefficient (Wildman–Crippen LogP) is 2.17. The zero-order chi connectivity index (χ0) is 13.8. The van der Waals surface area contributed by atoms with Gasteiger partial charge in [0.1, 0.15) is 5.60 Å². The van der Waals surface area contributed by atoms with Crippen molar-refractivity contribution >= 4 is 23.4 Å². The zero-order valence-electron chi connectivity index (χ0n) is 11.0. The molecule has 0 saturated heterocycles. The van der Waals surface area contributed by atoms with Gasteiger partial charge in [0, 0.05) is 17.5 Å². The minimum Gasteiger partial charge on any atom is -0.444 e. The first-order valence-electron chi connectivity index (χ1n) is 5.70. The van der Waals surface area contributed by atoms with Gasteiger partial charge in [-0.3, -0.25) is 4.79 Å². The fourth-order valence-corrected chi connectivity index (χ4v) is 1.81. The van der Waals surface area contributed by atoms with Crippen LogP contribution in [0.15, 0.2) is 12.3 Å². The number of ketones is 1. The molecule has 5 nitrogen and oxygen atoms in total. The predicted molar refractivity (Wildman–Crippen MR) is 69.7 cm³/mol. The lowest BCUT2D eigenvalue weighted by molar-refractivity contribution is -0.120. The van der Waals surface area contributed by atoms with Gasteiger partial charge in [-0.05, 0) is 45.3 Å². The number of hydrogen-bond donors (Lipinski definition) is 1. The maximum absolute atomic E-state index is 11.8. The van der Waals surface area contributed by atoms with Gasteiger partial charge in [-0.2, -0.15) is 0 Å². The molecule has 1 aromatic rings. The van der Waals surface area contributed by atoms with Crippen LogP contribution < -0.4 is 5.32 Å². The highest BCUT2D eigenvalue weighted by Gasteiger charge is 2.21. The van der Waals surface area contributed by atoms with Crippen LogP contribution in [0.25, 0.3) is 0 Å². The molecular weight excluding hydrogens is 252 g/mol. The molecule has 0 radical (unpaired) electrons. The molecule has 0 aliphatic heterocycles. The third-order valence-electron chi connectivity index (χ3n) is 2.06. The molecule has 0 aliphatic carbocycles. The highest BCUT2D eigenvalue weighted by molar-refractivity contribution is 7.05. The quantitative estimate of drug-likeness (QED) is 0.910. The summed E-state index contributed by atoms with van der Waals surface area (Å²) in [4.78, 5) is 24.2. The molecule has 0 saturated carbocycles. The Bertz CT molecular complexity index is 409. The van der Waals surface area contributed by atoms with E-state index in [0.29, 0.717) is 0 Å². The van der Waals surface area contributed by atoms with Crippen LogP contribution in [0.3, 0.4) is 0 Å². The van der Waals surface area contributed by atoms with Crippen molar-refractivity contribution in [3.8, 4) is 0 Å². The average molecular weight is 270 g/mol. The molecular formula is C12H18N2O3S. The Hall–Kier alpha value is -1.43. The van der Waals surface area contributed by atoms with Crippen molar-refractivity contribution in [3.63, 3.8) is 0 Å². The summed E-state index contributed by atoms with van der Waals surface area (Å²) in [6, 6.07) is 1.23. The SMILES string of the molecule is C[C@@H](NC(=O)OC(C)(C)C)C(=O)Cc1ccns1. The van der Waals surface area contributed by atoms with E-state index < -0.39 is 17.7 Å². The van der Waals surface area contributed by atoms with E-state index in [1.165, 1.54) is 11.5 Å². The number of rotatable bonds is 4. The van der Waals surface area contributed by atoms with Crippen LogP contribution in [0.4, 0.5) is 4.79 Å². The second-order valence-corrected chi connectivity index (χ2v) is 5.91. The van der Waals surface area contributed by atoms with E-state index in [-0.39, 0.29) is 12.2 Å². The van der Waals surface area contributed by atoms with Gasteiger partial charge in [-0.25, -0.2) is 9.17 Å². The molecule has 0 aromatic carbocycles. The zero-order valence-corrected chi connectivity index (χ0v) is 11.8. The maximum Gasteiger partial charge on any atom is 0.408 e. The summed E-state index contributed by atoms with van der Waals surface area (Å²) in [6.07, 6.45) is 1.36. The smallest absolute Gasteiger partial charge is 0.408 e. The van der Waals surface area contributed by atoms with Crippen molar-refractivity contribution < 1.29 is 14.3 Å². The summed E-state index contributed by atoms with van der Waals surface area (Å²) in [6.45, 7) is 6.97. The second-order valence-electron chi connectivity index (χ2n) is 4.99. The molecule has 1 amide bonds. The molecule has 18 heavy (non-hydrogen) atoms. The van der Waals surface area contributed by atoms with E-state index in [9.17, 15) is 9.59 Å². The fourth-order valence-electron chi connectivity index (χ4n) is 1.22. The van der Waals surface area contributed by atoms with E-state index >= 15 is 0 Å². The lowest BCUT2D eigenvalue weighted by Gasteiger charge is -2.21. The number of amides is 1. The van der Waals surface area contributed by atoms with Crippen molar-refractivity contribution in [1.82, 2.24) is 9.69 Å². The van der Waals surface area contributed by atoms with Gasteiger partial charge >= 0.3 is 6.09 Å². The van der Waals surface area contributed by atoms with Crippen LogP contribution in [0, 0.1) is 0 Å². The summed E-state index contributed by atoms with van der Waals surface area (Å²) < 4.78 is 9.00. The minimum atomic E-state index is -0.576. The third kappa shape index (κ3) is 5.27. The van der Waals surface area contributed by atoms with Crippen LogP contribution in [-0.4, -0.2) is 27.9 Å². The number of ether oxygens (including phenoxy) is 1. The molecule has 0 fully saturated rings. The standard InChI is InChI=1S/C12H18N2O3S/c1-8(14-11(16)17-12(2,3)4)10(15)7-9-5-6-13-18-9/h5-6,8H,7H2,1-4H3,(H,14,16)/t8-/m1/s1. The summed E-state index contributed by atoms with van der Waals surface area (Å²) in [5.41, 5.74) is -0.565. The Kier molecular flexibility index (Phi) is 4.84. The average Bonchev–Trinajstić information content (AvgIpc) is 2.66. The van der Waals surface area contributed by atoms with Crippen molar-refractivity contribution in [1.29, 1.82) is 0 Å². The first-order chi connectivity index (χ1) is 8.28. The summed E-state index contributed by atoms with van der Waals surface area (Å²) in [5.74, 6) is -0.0647. The molecule has 6 heteroatoms. The van der Waals surface area contributed by atoms with Crippen LogP contribution in [0.5, 0.6) is 0 Å². The number of carbonyl (C=O) groups is 2. The summed E-state index contributed by atoms with van der Waals surface area (Å²) in [7, 11) is 0. The van der Waals surface area contributed by atoms with E-state index in [4.69, 9.17) is 4.74 Å². The Morgan fingerprint density at radius 2 is 2.17 bits per heavy atom. The van der Waals surface area contributed by atoms with Crippen molar-refractivity contribution in [2.24, 2.45) is 0 Å². The second kappa shape index (κ2) is 5.95. The largest absolute Gasteiger partial charge is 0.444 e. The van der Waals surface area contributed by atoms with Crippen molar-refractivity contribution in [2.75, 3.05) is 0 Å². The van der Waals surface area contributed by atoms with E-state index in [2.05, 4.69) is 9.69 Å². The molecule has 0 spiro atoms. The highest BCUT2D eigenvalue weighted by Crippen LogP contribution is 2.09. The van der Waals surface area contributed by atoms with E-state index in [0.717, 1.165) is 4.88 Å². The van der Waals surface area contributed by atoms with Crippen LogP contribution in [-0.2, 0) is 16.0 Å². The lowest BCUT2D eigenvalue weighted by Crippen LogP contribution is -2.42. The van der Waals surface area contributed by atoms with Crippen molar-refractivity contribution in [2.45, 2.75) is 45.8 Å². The van der Waals surface area contributed by atoms with E-state index in [1.54, 1.807) is 40.0 Å². The molecule has 0 aliphatic rings. The lowest BCUT2D eigenvalue weighted by atomic mass is 10.1. The molecule has 0 bridgehead atoms. The van der Waals surface area contributed by atoms with Gasteiger partial charge in [0.15, 0.2) is 5.78 Å². The first-order valence-corrected chi connectivity index (χ1v) is 6.47. The first kappa shape index (κ1) is 14.6. The normalized spacial score (nSPS) is 12.9. The number of nitrogens with zero attached hydrogens (tertiary/aromatic N) is 1. The van der Waals surface area contributed by atoms with Gasteiger partial charge in [0.2, 0.25) is 0 Å². The number of hydrogen-bond acceptors (Lipinski definition) is 5. The molecule has 1 atom stereocenters. The van der Waals surface area contributed by atoms with Crippen LogP contribution in [0.1, 0.15) is 32.6 Å². The van der Waals surface area contributed by atoms with E-state index in [1.807, 2.05) is 0 Å². The summed E-state index contributed by atoms with van der Waals surface area (Å²) in [5, 5.41) is 2.52. The number of alkyl carbamates (subject to hydrolysis) is 1. The molecule has 100 valence electrons. The molecule has 1 heterocycles. The van der Waals surface area contributed by atoms with Gasteiger partial charge < -0.3 is 10.1 Å². The van der Waals surface area contributed by atoms with Crippen molar-refractivity contribution in [3.05, 3.63) is 17.1 Å². The molecule has 0 unspecified atom stereocenters. The molecule has 1 rings (SSSR count). The highest BCUT2D eigenvalue weighted by atomic mass is 32.1. The van der Waals surface area contributed by atoms with Gasteiger partial charge in [0.05, 0.1) is 6.04 Å². The molecule has 1 N–H and O–H groups in total. The van der Waals surface area contributed by atoms with Gasteiger partial charge in [-0.1, -0.05) is 0 Å². The minimum absolute atomic E-state index is 0.0647. The number of nitrogens with one attached hydrogen (secondary N) is 1. The topological polar surface area (TPSA) is 68.3 Å². The van der Waals surface area contributed by atoms with Gasteiger partial charge in [0.25, 0.3) is 0 Å². The summed E-state index contributed by atoms with van der Waals surface area (Å²) >= 11 is 1.28. The Morgan fingerprint density at radius 1 is 1.50 bits per heavy atom. The monoisotopic (exact) mass is 270 g/mol. The number of carbonyl (C=O) groups excluding carboxylic acids is 2. The Balaban J connectivity index is 2.42. The molecule has 1 aromatic heterocycles. The number of aromatic nitrogens is 1. The number of Topliss-reactive ketones (excluding diaryl/α,β-unsaturated/α-hetero) is 1. The van der Waals surface area contributed by atoms with Crippen LogP contribution >= 0.6 is 11.5 Å². The fraction of sp³-hybridized carbons (Fsp3) is 0.583. The Morgan fingerprint density at radius 3 is 2.67 bits per heavy atom. The maximum atomic E-state index is 11.8.